The first-order chi connectivity index (χ1) is 5.96. The molecule has 7 heteroatoms. The van der Waals surface area contributed by atoms with Gasteiger partial charge in [0.2, 0.25) is 0 Å². The number of nitrogens with zero attached hydrogens (tertiary/aromatic N) is 2. The highest BCUT2D eigenvalue weighted by atomic mass is 79.9. The van der Waals surface area contributed by atoms with E-state index in [4.69, 9.17) is 0 Å². The van der Waals surface area contributed by atoms with Crippen molar-refractivity contribution in [3.8, 4) is 0 Å². The van der Waals surface area contributed by atoms with Gasteiger partial charge in [-0.1, -0.05) is 0 Å². The molecule has 1 heterocycles. The number of alkyl halides is 3. The van der Waals surface area contributed by atoms with Crippen LogP contribution in [0.4, 0.5) is 13.2 Å². The van der Waals surface area contributed by atoms with Gasteiger partial charge in [-0.25, -0.2) is 9.97 Å². The molecule has 72 valence electrons. The molecule has 0 radical (unpaired) electrons. The average Bonchev–Trinajstić information content (AvgIpc) is 2.02. The van der Waals surface area contributed by atoms with Crippen molar-refractivity contribution in [3.05, 3.63) is 16.5 Å². The van der Waals surface area contributed by atoms with Gasteiger partial charge in [-0.2, -0.15) is 13.2 Å². The van der Waals surface area contributed by atoms with Gasteiger partial charge in [0, 0.05) is 0 Å². The van der Waals surface area contributed by atoms with Crippen LogP contribution in [0, 0.1) is 0 Å². The molecule has 1 aromatic heterocycles. The Morgan fingerprint density at radius 1 is 1.38 bits per heavy atom. The van der Waals surface area contributed by atoms with Crippen molar-refractivity contribution in [3.63, 3.8) is 0 Å². The lowest BCUT2D eigenvalue weighted by Gasteiger charge is -2.08. The number of rotatable bonds is 1. The zero-order valence-corrected chi connectivity index (χ0v) is 8.79. The van der Waals surface area contributed by atoms with Crippen LogP contribution in [-0.2, 0) is 6.18 Å². The Kier molecular flexibility index (Phi) is 3.18. The summed E-state index contributed by atoms with van der Waals surface area (Å²) >= 11 is 3.94. The summed E-state index contributed by atoms with van der Waals surface area (Å²) < 4.78 is 36.6. The molecular formula is C6H4BrF3N2S. The van der Waals surface area contributed by atoms with Crippen LogP contribution in [0.3, 0.4) is 0 Å². The molecule has 0 amide bonds. The molecule has 0 atom stereocenters. The van der Waals surface area contributed by atoms with Crippen LogP contribution in [0.5, 0.6) is 0 Å². The fourth-order valence-corrected chi connectivity index (χ4v) is 2.04. The van der Waals surface area contributed by atoms with E-state index >= 15 is 0 Å². The van der Waals surface area contributed by atoms with Crippen LogP contribution >= 0.6 is 27.7 Å². The van der Waals surface area contributed by atoms with Crippen LogP contribution in [0.25, 0.3) is 0 Å². The molecule has 0 aliphatic rings. The summed E-state index contributed by atoms with van der Waals surface area (Å²) in [6.07, 6.45) is -1.89. The van der Waals surface area contributed by atoms with E-state index in [9.17, 15) is 13.2 Å². The van der Waals surface area contributed by atoms with Crippen molar-refractivity contribution in [1.29, 1.82) is 0 Å². The highest BCUT2D eigenvalue weighted by Gasteiger charge is 2.36. The smallest absolute Gasteiger partial charge is 0.231 e. The first-order valence-corrected chi connectivity index (χ1v) is 5.10. The van der Waals surface area contributed by atoms with E-state index in [1.807, 2.05) is 0 Å². The second-order valence-corrected chi connectivity index (χ2v) is 3.63. The molecule has 0 saturated heterocycles. The number of aromatic nitrogens is 2. The van der Waals surface area contributed by atoms with Gasteiger partial charge in [0.15, 0.2) is 5.69 Å². The predicted octanol–water partition coefficient (Wildman–Crippen LogP) is 2.98. The third-order valence-electron chi connectivity index (χ3n) is 1.22. The Balaban J connectivity index is 3.24. The standard InChI is InChI=1S/C6H4BrF3N2S/c1-13-5-3(7)4(6(8,9)10)11-2-12-5/h2H,1H3. The second kappa shape index (κ2) is 3.83. The van der Waals surface area contributed by atoms with Crippen molar-refractivity contribution >= 4 is 27.7 Å². The number of halogens is 4. The quantitative estimate of drug-likeness (QED) is 0.581. The summed E-state index contributed by atoms with van der Waals surface area (Å²) in [7, 11) is 0. The third-order valence-corrected chi connectivity index (χ3v) is 2.93. The molecule has 0 saturated carbocycles. The molecular weight excluding hydrogens is 269 g/mol. The molecule has 0 bridgehead atoms. The Morgan fingerprint density at radius 2 is 2.00 bits per heavy atom. The van der Waals surface area contributed by atoms with E-state index in [0.29, 0.717) is 0 Å². The molecule has 0 N–H and O–H groups in total. The van der Waals surface area contributed by atoms with Gasteiger partial charge in [-0.3, -0.25) is 0 Å². The molecule has 1 rings (SSSR count). The second-order valence-electron chi connectivity index (χ2n) is 2.04. The maximum Gasteiger partial charge on any atom is 0.434 e. The lowest BCUT2D eigenvalue weighted by atomic mass is 10.4. The van der Waals surface area contributed by atoms with Crippen LogP contribution in [0.1, 0.15) is 5.69 Å². The summed E-state index contributed by atoms with van der Waals surface area (Å²) in [6, 6.07) is 0. The summed E-state index contributed by atoms with van der Waals surface area (Å²) in [5.41, 5.74) is -0.938. The lowest BCUT2D eigenvalue weighted by molar-refractivity contribution is -0.142. The SMILES string of the molecule is CSc1ncnc(C(F)(F)F)c1Br. The third kappa shape index (κ3) is 2.34. The van der Waals surface area contributed by atoms with Crippen LogP contribution < -0.4 is 0 Å². The highest BCUT2D eigenvalue weighted by molar-refractivity contribution is 9.10. The Bertz CT molecular complexity index is 315. The van der Waals surface area contributed by atoms with E-state index in [0.717, 1.165) is 18.1 Å². The molecule has 1 aromatic rings. The van der Waals surface area contributed by atoms with Crippen LogP contribution in [0.2, 0.25) is 0 Å². The lowest BCUT2D eigenvalue weighted by Crippen LogP contribution is -2.10. The van der Waals surface area contributed by atoms with Crippen molar-refractivity contribution < 1.29 is 13.2 Å². The predicted molar refractivity (Wildman–Crippen MR) is 46.5 cm³/mol. The van der Waals surface area contributed by atoms with Crippen molar-refractivity contribution in [2.24, 2.45) is 0 Å². The number of thioether (sulfide) groups is 1. The van der Waals surface area contributed by atoms with Crippen molar-refractivity contribution in [1.82, 2.24) is 9.97 Å². The first kappa shape index (κ1) is 10.8. The Morgan fingerprint density at radius 3 is 2.46 bits per heavy atom. The monoisotopic (exact) mass is 272 g/mol. The fraction of sp³-hybridized carbons (Fsp3) is 0.333. The molecule has 0 spiro atoms. The molecule has 13 heavy (non-hydrogen) atoms. The van der Waals surface area contributed by atoms with Gasteiger partial charge < -0.3 is 0 Å². The van der Waals surface area contributed by atoms with Gasteiger partial charge in [0.1, 0.15) is 11.4 Å². The van der Waals surface area contributed by atoms with E-state index < -0.39 is 11.9 Å². The van der Waals surface area contributed by atoms with Gasteiger partial charge in [-0.05, 0) is 22.2 Å². The molecule has 0 aliphatic heterocycles. The zero-order valence-electron chi connectivity index (χ0n) is 6.39. The fourth-order valence-electron chi connectivity index (χ4n) is 0.694. The maximum atomic E-state index is 12.2. The summed E-state index contributed by atoms with van der Waals surface area (Å²) in [6.45, 7) is 0. The van der Waals surface area contributed by atoms with E-state index in [1.165, 1.54) is 0 Å². The van der Waals surface area contributed by atoms with Crippen LogP contribution in [-0.4, -0.2) is 16.2 Å². The van der Waals surface area contributed by atoms with Gasteiger partial charge in [0.25, 0.3) is 0 Å². The zero-order chi connectivity index (χ0) is 10.1. The number of hydrogen-bond acceptors (Lipinski definition) is 3. The van der Waals surface area contributed by atoms with E-state index in [2.05, 4.69) is 25.9 Å². The van der Waals surface area contributed by atoms with Gasteiger partial charge in [0.05, 0.1) is 4.47 Å². The minimum absolute atomic E-state index is 0.102. The summed E-state index contributed by atoms with van der Waals surface area (Å²) in [4.78, 5) is 6.84. The maximum absolute atomic E-state index is 12.2. The molecule has 0 aromatic carbocycles. The highest BCUT2D eigenvalue weighted by Crippen LogP contribution is 2.36. The van der Waals surface area contributed by atoms with Gasteiger partial charge >= 0.3 is 6.18 Å². The average molecular weight is 273 g/mol. The molecule has 0 unspecified atom stereocenters. The largest absolute Gasteiger partial charge is 0.434 e. The summed E-state index contributed by atoms with van der Waals surface area (Å²) in [5.74, 6) is 0. The number of hydrogen-bond donors (Lipinski definition) is 0. The molecule has 0 aliphatic carbocycles. The normalized spacial score (nSPS) is 11.8. The van der Waals surface area contributed by atoms with Gasteiger partial charge in [-0.15, -0.1) is 11.8 Å². The Hall–Kier alpha value is -0.300. The van der Waals surface area contributed by atoms with Crippen molar-refractivity contribution in [2.75, 3.05) is 6.26 Å². The van der Waals surface area contributed by atoms with E-state index in [1.54, 1.807) is 6.26 Å². The van der Waals surface area contributed by atoms with Crippen LogP contribution in [0.15, 0.2) is 15.8 Å². The minimum atomic E-state index is -4.44. The van der Waals surface area contributed by atoms with Crippen molar-refractivity contribution in [2.45, 2.75) is 11.2 Å². The summed E-state index contributed by atoms with van der Waals surface area (Å²) in [5, 5.41) is 0.280. The molecule has 0 fully saturated rings. The topological polar surface area (TPSA) is 25.8 Å². The Labute approximate surface area is 85.1 Å². The van der Waals surface area contributed by atoms with E-state index in [-0.39, 0.29) is 9.50 Å². The molecule has 2 nitrogen and oxygen atoms in total. The minimum Gasteiger partial charge on any atom is -0.231 e. The first-order valence-electron chi connectivity index (χ1n) is 3.08.